The van der Waals surface area contributed by atoms with Crippen molar-refractivity contribution in [3.05, 3.63) is 11.7 Å². The summed E-state index contributed by atoms with van der Waals surface area (Å²) in [5.41, 5.74) is -0.0128. The van der Waals surface area contributed by atoms with Crippen molar-refractivity contribution in [1.82, 2.24) is 30.6 Å². The minimum absolute atomic E-state index is 0.0128. The van der Waals surface area contributed by atoms with E-state index in [1.165, 1.54) is 7.05 Å². The van der Waals surface area contributed by atoms with E-state index in [0.717, 1.165) is 32.5 Å². The number of rotatable bonds is 3. The van der Waals surface area contributed by atoms with Crippen molar-refractivity contribution in [2.75, 3.05) is 40.3 Å². The molecule has 3 heterocycles. The lowest BCUT2D eigenvalue weighted by Gasteiger charge is -2.49. The number of amides is 2. The predicted octanol–water partition coefficient (Wildman–Crippen LogP) is -0.784. The molecule has 2 saturated heterocycles. The second kappa shape index (κ2) is 6.86. The lowest BCUT2D eigenvalue weighted by Crippen LogP contribution is -2.60. The second-order valence-corrected chi connectivity index (χ2v) is 6.55. The van der Waals surface area contributed by atoms with E-state index in [1.807, 2.05) is 0 Å². The van der Waals surface area contributed by atoms with Crippen molar-refractivity contribution >= 4 is 11.8 Å². The zero-order valence-corrected chi connectivity index (χ0v) is 14.2. The number of nitrogens with one attached hydrogen (secondary N) is 2. The zero-order chi connectivity index (χ0) is 17.2. The molecule has 0 aromatic carbocycles. The van der Waals surface area contributed by atoms with E-state index < -0.39 is 0 Å². The molecule has 1 aromatic rings. The van der Waals surface area contributed by atoms with E-state index in [-0.39, 0.29) is 23.2 Å². The third-order valence-corrected chi connectivity index (χ3v) is 5.07. The third-order valence-electron chi connectivity index (χ3n) is 5.07. The first-order valence-corrected chi connectivity index (χ1v) is 8.27. The minimum Gasteiger partial charge on any atom is -0.356 e. The molecule has 9 heteroatoms. The van der Waals surface area contributed by atoms with Gasteiger partial charge in [-0.2, -0.15) is 4.98 Å². The molecule has 0 radical (unpaired) electrons. The monoisotopic (exact) mass is 336 g/mol. The standard InChI is InChI=1S/C15H24N6O3/c1-16-14(23)13-18-12(24-19-13)9-21-8-7-20(2)15(10-21)4-3-11(22)17-6-5-15/h3-10H2,1-2H3,(H,16,23)(H,17,22). The van der Waals surface area contributed by atoms with Crippen LogP contribution < -0.4 is 10.6 Å². The number of carbonyl (C=O) groups excluding carboxylic acids is 2. The van der Waals surface area contributed by atoms with Crippen molar-refractivity contribution in [2.24, 2.45) is 0 Å². The van der Waals surface area contributed by atoms with Gasteiger partial charge in [0, 0.05) is 45.2 Å². The molecule has 1 unspecified atom stereocenters. The lowest BCUT2D eigenvalue weighted by molar-refractivity contribution is -0.121. The van der Waals surface area contributed by atoms with Gasteiger partial charge >= 0.3 is 0 Å². The Labute approximate surface area is 140 Å². The van der Waals surface area contributed by atoms with Crippen LogP contribution in [0.4, 0.5) is 0 Å². The normalized spacial score (nSPS) is 26.2. The first-order chi connectivity index (χ1) is 11.5. The van der Waals surface area contributed by atoms with Gasteiger partial charge < -0.3 is 15.2 Å². The maximum Gasteiger partial charge on any atom is 0.292 e. The zero-order valence-electron chi connectivity index (χ0n) is 14.2. The predicted molar refractivity (Wildman–Crippen MR) is 85.2 cm³/mol. The Morgan fingerprint density at radius 2 is 2.25 bits per heavy atom. The Morgan fingerprint density at radius 1 is 1.42 bits per heavy atom. The Hall–Kier alpha value is -2.00. The van der Waals surface area contributed by atoms with Gasteiger partial charge in [-0.15, -0.1) is 0 Å². The Balaban J connectivity index is 1.68. The van der Waals surface area contributed by atoms with Crippen LogP contribution in [0.3, 0.4) is 0 Å². The number of carbonyl (C=O) groups is 2. The molecule has 1 atom stereocenters. The summed E-state index contributed by atoms with van der Waals surface area (Å²) in [6, 6.07) is 0. The summed E-state index contributed by atoms with van der Waals surface area (Å²) in [6.07, 6.45) is 2.33. The van der Waals surface area contributed by atoms with Crippen LogP contribution in [0.15, 0.2) is 4.52 Å². The average Bonchev–Trinajstić information content (AvgIpc) is 2.96. The summed E-state index contributed by atoms with van der Waals surface area (Å²) in [7, 11) is 3.66. The highest BCUT2D eigenvalue weighted by Gasteiger charge is 2.41. The second-order valence-electron chi connectivity index (χ2n) is 6.55. The molecular formula is C15H24N6O3. The molecule has 3 rings (SSSR count). The number of piperazine rings is 1. The number of likely N-dealkylation sites (N-methyl/N-ethyl adjacent to an activating group) is 1. The molecule has 2 aliphatic heterocycles. The summed E-state index contributed by atoms with van der Waals surface area (Å²) in [4.78, 5) is 32.0. The summed E-state index contributed by atoms with van der Waals surface area (Å²) in [5.74, 6) is 0.273. The van der Waals surface area contributed by atoms with Crippen molar-refractivity contribution in [2.45, 2.75) is 31.3 Å². The highest BCUT2D eigenvalue weighted by atomic mass is 16.5. The fraction of sp³-hybridized carbons (Fsp3) is 0.733. The van der Waals surface area contributed by atoms with Crippen molar-refractivity contribution in [1.29, 1.82) is 0 Å². The van der Waals surface area contributed by atoms with Gasteiger partial charge in [0.2, 0.25) is 11.8 Å². The van der Waals surface area contributed by atoms with E-state index in [2.05, 4.69) is 37.6 Å². The molecule has 9 nitrogen and oxygen atoms in total. The molecule has 132 valence electrons. The summed E-state index contributed by atoms with van der Waals surface area (Å²) < 4.78 is 5.19. The molecule has 0 aliphatic carbocycles. The van der Waals surface area contributed by atoms with Crippen LogP contribution >= 0.6 is 0 Å². The number of nitrogens with zero attached hydrogens (tertiary/aromatic N) is 4. The SMILES string of the molecule is CNC(=O)c1noc(CN2CCN(C)C3(CCNC(=O)CC3)C2)n1. The van der Waals surface area contributed by atoms with Crippen LogP contribution in [-0.2, 0) is 11.3 Å². The fourth-order valence-corrected chi connectivity index (χ4v) is 3.53. The van der Waals surface area contributed by atoms with Crippen LogP contribution in [0.5, 0.6) is 0 Å². The van der Waals surface area contributed by atoms with E-state index >= 15 is 0 Å². The highest BCUT2D eigenvalue weighted by Crippen LogP contribution is 2.30. The van der Waals surface area contributed by atoms with Gasteiger partial charge in [-0.05, 0) is 19.9 Å². The van der Waals surface area contributed by atoms with Crippen molar-refractivity contribution in [3.63, 3.8) is 0 Å². The van der Waals surface area contributed by atoms with Gasteiger partial charge in [0.1, 0.15) is 0 Å². The molecule has 0 saturated carbocycles. The van der Waals surface area contributed by atoms with Gasteiger partial charge in [-0.1, -0.05) is 5.16 Å². The number of hydrogen-bond donors (Lipinski definition) is 2. The quantitative estimate of drug-likeness (QED) is 0.746. The molecule has 1 aromatic heterocycles. The van der Waals surface area contributed by atoms with Gasteiger partial charge in [0.05, 0.1) is 6.54 Å². The summed E-state index contributed by atoms with van der Waals surface area (Å²) in [5, 5.41) is 9.14. The number of aromatic nitrogens is 2. The fourth-order valence-electron chi connectivity index (χ4n) is 3.53. The van der Waals surface area contributed by atoms with Gasteiger partial charge in [-0.3, -0.25) is 19.4 Å². The van der Waals surface area contributed by atoms with Crippen molar-refractivity contribution in [3.8, 4) is 0 Å². The van der Waals surface area contributed by atoms with E-state index in [9.17, 15) is 9.59 Å². The highest BCUT2D eigenvalue weighted by molar-refractivity contribution is 5.89. The average molecular weight is 336 g/mol. The topological polar surface area (TPSA) is 104 Å². The molecular weight excluding hydrogens is 312 g/mol. The lowest BCUT2D eigenvalue weighted by atomic mass is 9.86. The van der Waals surface area contributed by atoms with Crippen LogP contribution in [0.1, 0.15) is 35.8 Å². The smallest absolute Gasteiger partial charge is 0.292 e. The molecule has 2 aliphatic rings. The Bertz CT molecular complexity index is 618. The molecule has 2 fully saturated rings. The first-order valence-electron chi connectivity index (χ1n) is 8.27. The van der Waals surface area contributed by atoms with Crippen LogP contribution in [0.2, 0.25) is 0 Å². The minimum atomic E-state index is -0.354. The van der Waals surface area contributed by atoms with Crippen LogP contribution in [-0.4, -0.2) is 77.6 Å². The Morgan fingerprint density at radius 3 is 3.04 bits per heavy atom. The Kier molecular flexibility index (Phi) is 4.81. The summed E-state index contributed by atoms with van der Waals surface area (Å²) >= 11 is 0. The van der Waals surface area contributed by atoms with Crippen LogP contribution in [0, 0.1) is 0 Å². The first kappa shape index (κ1) is 16.8. The molecule has 2 N–H and O–H groups in total. The van der Waals surface area contributed by atoms with Gasteiger partial charge in [-0.25, -0.2) is 0 Å². The molecule has 2 amide bonds. The van der Waals surface area contributed by atoms with Gasteiger partial charge in [0.25, 0.3) is 11.7 Å². The van der Waals surface area contributed by atoms with Crippen LogP contribution in [0.25, 0.3) is 0 Å². The maximum atomic E-state index is 11.7. The van der Waals surface area contributed by atoms with Gasteiger partial charge in [0.15, 0.2) is 0 Å². The van der Waals surface area contributed by atoms with E-state index in [1.54, 1.807) is 0 Å². The largest absolute Gasteiger partial charge is 0.356 e. The summed E-state index contributed by atoms with van der Waals surface area (Å²) in [6.45, 7) is 3.87. The molecule has 24 heavy (non-hydrogen) atoms. The van der Waals surface area contributed by atoms with E-state index in [0.29, 0.717) is 25.4 Å². The number of hydrogen-bond acceptors (Lipinski definition) is 7. The van der Waals surface area contributed by atoms with E-state index in [4.69, 9.17) is 4.52 Å². The molecule has 1 spiro atoms. The third kappa shape index (κ3) is 3.41. The maximum absolute atomic E-state index is 11.7. The molecule has 0 bridgehead atoms. The van der Waals surface area contributed by atoms with Crippen molar-refractivity contribution < 1.29 is 14.1 Å².